The molecule has 11 heavy (non-hydrogen) atoms. The van der Waals surface area contributed by atoms with Crippen LogP contribution in [0.25, 0.3) is 0 Å². The fraction of sp³-hybridized carbons (Fsp3) is 0.667. The van der Waals surface area contributed by atoms with Gasteiger partial charge in [0.05, 0.1) is 0 Å². The largest absolute Gasteiger partial charge is 0.445 e. The SMILES string of the molecule is CB(C)c1nnc(B(C)C)o1. The third-order valence-electron chi connectivity index (χ3n) is 1.44. The predicted octanol–water partition coefficient (Wildman–Crippen LogP) is -0.00760. The van der Waals surface area contributed by atoms with E-state index in [4.69, 9.17) is 4.42 Å². The van der Waals surface area contributed by atoms with Crippen molar-refractivity contribution >= 4 is 25.0 Å². The van der Waals surface area contributed by atoms with Crippen LogP contribution in [-0.2, 0) is 0 Å². The van der Waals surface area contributed by atoms with Crippen molar-refractivity contribution in [3.05, 3.63) is 0 Å². The first kappa shape index (κ1) is 8.37. The predicted molar refractivity (Wildman–Crippen MR) is 48.5 cm³/mol. The highest BCUT2D eigenvalue weighted by Crippen LogP contribution is 1.82. The molecule has 0 aromatic carbocycles. The zero-order valence-electron chi connectivity index (χ0n) is 7.46. The second-order valence-electron chi connectivity index (χ2n) is 3.29. The highest BCUT2D eigenvalue weighted by molar-refractivity contribution is 6.70. The Kier molecular flexibility index (Phi) is 2.37. The normalized spacial score (nSPS) is 9.82. The zero-order valence-corrected chi connectivity index (χ0v) is 7.46. The Hall–Kier alpha value is -0.730. The van der Waals surface area contributed by atoms with Gasteiger partial charge in [-0.1, -0.05) is 27.3 Å². The van der Waals surface area contributed by atoms with E-state index < -0.39 is 0 Å². The summed E-state index contributed by atoms with van der Waals surface area (Å²) in [5.41, 5.74) is 0. The summed E-state index contributed by atoms with van der Waals surface area (Å²) in [6, 6.07) is 0. The van der Waals surface area contributed by atoms with Crippen molar-refractivity contribution in [2.75, 3.05) is 0 Å². The average molecular weight is 150 g/mol. The molecule has 1 rings (SSSR count). The Morgan fingerprint density at radius 2 is 1.27 bits per heavy atom. The molecule has 1 heterocycles. The van der Waals surface area contributed by atoms with E-state index in [0.29, 0.717) is 13.4 Å². The van der Waals surface area contributed by atoms with E-state index in [1.54, 1.807) is 0 Å². The van der Waals surface area contributed by atoms with Crippen molar-refractivity contribution in [3.63, 3.8) is 0 Å². The Labute approximate surface area is 67.7 Å². The van der Waals surface area contributed by atoms with Crippen molar-refractivity contribution < 1.29 is 4.42 Å². The van der Waals surface area contributed by atoms with Crippen molar-refractivity contribution in [2.24, 2.45) is 0 Å². The van der Waals surface area contributed by atoms with Crippen LogP contribution in [0.2, 0.25) is 27.3 Å². The van der Waals surface area contributed by atoms with Crippen molar-refractivity contribution in [1.82, 2.24) is 10.2 Å². The van der Waals surface area contributed by atoms with Crippen LogP contribution in [0.1, 0.15) is 0 Å². The summed E-state index contributed by atoms with van der Waals surface area (Å²) in [6.07, 6.45) is 0. The van der Waals surface area contributed by atoms with Crippen LogP contribution >= 0.6 is 0 Å². The number of rotatable bonds is 2. The lowest BCUT2D eigenvalue weighted by atomic mass is 9.54. The summed E-state index contributed by atoms with van der Waals surface area (Å²) in [5.74, 6) is 1.46. The lowest BCUT2D eigenvalue weighted by Gasteiger charge is -1.92. The molecule has 0 saturated carbocycles. The van der Waals surface area contributed by atoms with Gasteiger partial charge in [-0.05, 0) is 0 Å². The van der Waals surface area contributed by atoms with E-state index in [0.717, 1.165) is 11.6 Å². The van der Waals surface area contributed by atoms with E-state index in [1.165, 1.54) is 0 Å². The van der Waals surface area contributed by atoms with E-state index in [-0.39, 0.29) is 0 Å². The van der Waals surface area contributed by atoms with Gasteiger partial charge < -0.3 is 4.42 Å². The molecule has 0 spiro atoms. The zero-order chi connectivity index (χ0) is 8.43. The molecular weight excluding hydrogens is 138 g/mol. The van der Waals surface area contributed by atoms with Gasteiger partial charge in [-0.25, -0.2) is 0 Å². The number of aromatic nitrogens is 2. The molecule has 0 aliphatic heterocycles. The summed E-state index contributed by atoms with van der Waals surface area (Å²) in [6.45, 7) is 8.81. The van der Waals surface area contributed by atoms with E-state index in [2.05, 4.69) is 10.2 Å². The molecule has 58 valence electrons. The molecule has 1 aromatic rings. The summed E-state index contributed by atoms with van der Waals surface area (Å²) in [5, 5.41) is 7.84. The second-order valence-corrected chi connectivity index (χ2v) is 3.29. The number of nitrogens with zero attached hydrogens (tertiary/aromatic N) is 2. The van der Waals surface area contributed by atoms with Gasteiger partial charge in [-0.2, -0.15) is 0 Å². The van der Waals surface area contributed by atoms with Crippen molar-refractivity contribution in [3.8, 4) is 0 Å². The van der Waals surface area contributed by atoms with Gasteiger partial charge in [-0.3, -0.25) is 0 Å². The lowest BCUT2D eigenvalue weighted by Crippen LogP contribution is -2.26. The Morgan fingerprint density at radius 3 is 1.45 bits per heavy atom. The summed E-state index contributed by atoms with van der Waals surface area (Å²) in [7, 11) is 0. The van der Waals surface area contributed by atoms with E-state index in [1.807, 2.05) is 27.3 Å². The van der Waals surface area contributed by atoms with Gasteiger partial charge in [0.2, 0.25) is 13.4 Å². The van der Waals surface area contributed by atoms with Gasteiger partial charge >= 0.3 is 0 Å². The quantitative estimate of drug-likeness (QED) is 0.556. The van der Waals surface area contributed by atoms with Crippen LogP contribution in [0.4, 0.5) is 0 Å². The highest BCUT2D eigenvalue weighted by Gasteiger charge is 2.15. The van der Waals surface area contributed by atoms with Crippen LogP contribution in [0.3, 0.4) is 0 Å². The fourth-order valence-electron chi connectivity index (χ4n) is 0.713. The lowest BCUT2D eigenvalue weighted by molar-refractivity contribution is 0.621. The van der Waals surface area contributed by atoms with E-state index >= 15 is 0 Å². The molecule has 0 N–H and O–H groups in total. The molecule has 0 atom stereocenters. The van der Waals surface area contributed by atoms with Gasteiger partial charge in [0.1, 0.15) is 0 Å². The molecule has 5 heteroatoms. The third-order valence-corrected chi connectivity index (χ3v) is 1.44. The van der Waals surface area contributed by atoms with E-state index in [9.17, 15) is 0 Å². The van der Waals surface area contributed by atoms with Crippen LogP contribution in [-0.4, -0.2) is 23.6 Å². The first-order valence-corrected chi connectivity index (χ1v) is 3.94. The molecule has 0 amide bonds. The number of hydrogen-bond acceptors (Lipinski definition) is 3. The first-order valence-electron chi connectivity index (χ1n) is 3.94. The van der Waals surface area contributed by atoms with Crippen LogP contribution in [0, 0.1) is 0 Å². The molecule has 0 aliphatic carbocycles. The molecular formula is C6H12B2N2O. The third kappa shape index (κ3) is 1.85. The topological polar surface area (TPSA) is 38.9 Å². The molecule has 0 saturated heterocycles. The van der Waals surface area contributed by atoms with Gasteiger partial charge in [0.15, 0.2) is 11.6 Å². The van der Waals surface area contributed by atoms with Gasteiger partial charge in [-0.15, -0.1) is 10.2 Å². The maximum Gasteiger partial charge on any atom is 0.244 e. The fourth-order valence-corrected chi connectivity index (χ4v) is 0.713. The smallest absolute Gasteiger partial charge is 0.244 e. The van der Waals surface area contributed by atoms with Gasteiger partial charge in [0, 0.05) is 0 Å². The Balaban J connectivity index is 2.82. The molecule has 0 radical (unpaired) electrons. The van der Waals surface area contributed by atoms with Crippen LogP contribution < -0.4 is 11.6 Å². The number of hydrogen-bond donors (Lipinski definition) is 0. The summed E-state index contributed by atoms with van der Waals surface area (Å²) in [4.78, 5) is 0. The van der Waals surface area contributed by atoms with Crippen molar-refractivity contribution in [2.45, 2.75) is 27.3 Å². The Bertz CT molecular complexity index is 212. The standard InChI is InChI=1S/C6H12B2N2O/c1-7(2)5-9-10-6(11-5)8(3)4/h1-4H3. The molecule has 0 unspecified atom stereocenters. The Morgan fingerprint density at radius 1 is 0.909 bits per heavy atom. The average Bonchev–Trinajstić information content (AvgIpc) is 2.33. The van der Waals surface area contributed by atoms with Crippen LogP contribution in [0.5, 0.6) is 0 Å². The molecule has 1 aromatic heterocycles. The van der Waals surface area contributed by atoms with Gasteiger partial charge in [0.25, 0.3) is 0 Å². The minimum Gasteiger partial charge on any atom is -0.445 e. The summed E-state index contributed by atoms with van der Waals surface area (Å²) >= 11 is 0. The second kappa shape index (κ2) is 3.11. The van der Waals surface area contributed by atoms with Crippen LogP contribution in [0.15, 0.2) is 4.42 Å². The maximum absolute atomic E-state index is 5.38. The maximum atomic E-state index is 5.38. The monoisotopic (exact) mass is 150 g/mol. The summed E-state index contributed by atoms with van der Waals surface area (Å²) < 4.78 is 5.38. The molecule has 0 aliphatic rings. The minimum absolute atomic E-state index is 0.329. The molecule has 0 fully saturated rings. The molecule has 0 bridgehead atoms. The highest BCUT2D eigenvalue weighted by atomic mass is 16.4. The first-order chi connectivity index (χ1) is 5.11. The molecule has 3 nitrogen and oxygen atoms in total. The minimum atomic E-state index is 0.329. The van der Waals surface area contributed by atoms with Crippen molar-refractivity contribution in [1.29, 1.82) is 0 Å².